The Hall–Kier alpha value is -3.46. The Morgan fingerprint density at radius 3 is 2.58 bits per heavy atom. The third-order valence-corrected chi connectivity index (χ3v) is 6.87. The fraction of sp³-hybridized carbons (Fsp3) is 0.227. The maximum absolute atomic E-state index is 13.5. The molecule has 0 saturated carbocycles. The summed E-state index contributed by atoms with van der Waals surface area (Å²) in [7, 11) is 0. The van der Waals surface area contributed by atoms with Gasteiger partial charge in [0.15, 0.2) is 0 Å². The number of phenolic OH excluding ortho intramolecular Hbond substituents is 1. The number of carbonyl (C=O) groups is 3. The lowest BCUT2D eigenvalue weighted by Crippen LogP contribution is -2.39. The molecule has 3 aliphatic rings. The highest BCUT2D eigenvalue weighted by Crippen LogP contribution is 2.54. The highest BCUT2D eigenvalue weighted by atomic mass is 32.2. The van der Waals surface area contributed by atoms with Gasteiger partial charge in [-0.15, -0.1) is 0 Å². The number of carbonyl (C=O) groups excluding carboxylic acids is 3. The quantitative estimate of drug-likeness (QED) is 0.426. The second-order valence-corrected chi connectivity index (χ2v) is 8.55. The van der Waals surface area contributed by atoms with Gasteiger partial charge in [0.05, 0.1) is 28.8 Å². The zero-order valence-electron chi connectivity index (χ0n) is 16.4. The van der Waals surface area contributed by atoms with Crippen molar-refractivity contribution in [3.05, 3.63) is 58.6 Å². The Bertz CT molecular complexity index is 1160. The Labute approximate surface area is 181 Å². The number of amides is 2. The number of fused-ring (bicyclic) bond motifs is 5. The van der Waals surface area contributed by atoms with Gasteiger partial charge >= 0.3 is 5.97 Å². The molecule has 3 heterocycles. The maximum atomic E-state index is 13.5. The first-order valence-electron chi connectivity index (χ1n) is 9.72. The summed E-state index contributed by atoms with van der Waals surface area (Å²) in [4.78, 5) is 40.6. The van der Waals surface area contributed by atoms with E-state index in [0.29, 0.717) is 23.6 Å². The predicted octanol–water partition coefficient (Wildman–Crippen LogP) is 2.27. The lowest BCUT2D eigenvalue weighted by atomic mass is 9.77. The van der Waals surface area contributed by atoms with Crippen LogP contribution < -0.4 is 20.1 Å². The normalized spacial score (nSPS) is 24.5. The van der Waals surface area contributed by atoms with Crippen molar-refractivity contribution >= 4 is 35.2 Å². The van der Waals surface area contributed by atoms with E-state index in [9.17, 15) is 19.5 Å². The van der Waals surface area contributed by atoms with Gasteiger partial charge in [-0.3, -0.25) is 9.59 Å². The molecule has 3 atom stereocenters. The average Bonchev–Trinajstić information content (AvgIpc) is 2.98. The van der Waals surface area contributed by atoms with Gasteiger partial charge in [-0.25, -0.2) is 9.69 Å². The molecule has 0 spiro atoms. The van der Waals surface area contributed by atoms with Crippen LogP contribution in [0.3, 0.4) is 0 Å². The molecular weight excluding hydrogens is 420 g/mol. The summed E-state index contributed by atoms with van der Waals surface area (Å²) in [5, 5.41) is 9.19. The molecule has 0 bridgehead atoms. The Morgan fingerprint density at radius 1 is 1.13 bits per heavy atom. The number of anilines is 1. The molecule has 3 unspecified atom stereocenters. The number of aromatic hydroxyl groups is 1. The van der Waals surface area contributed by atoms with Crippen LogP contribution in [0.1, 0.15) is 18.4 Å². The number of nitrogens with zero attached hydrogens (tertiary/aromatic N) is 1. The van der Waals surface area contributed by atoms with Crippen molar-refractivity contribution in [2.45, 2.75) is 18.1 Å². The molecule has 5 rings (SSSR count). The van der Waals surface area contributed by atoms with Crippen LogP contribution in [0.5, 0.6) is 17.2 Å². The zero-order valence-corrected chi connectivity index (χ0v) is 17.2. The van der Waals surface area contributed by atoms with E-state index in [1.165, 1.54) is 12.1 Å². The van der Waals surface area contributed by atoms with Crippen LogP contribution in [-0.2, 0) is 14.4 Å². The molecule has 0 aliphatic carbocycles. The van der Waals surface area contributed by atoms with E-state index in [0.717, 1.165) is 16.7 Å². The van der Waals surface area contributed by atoms with Crippen LogP contribution in [-0.4, -0.2) is 34.7 Å². The molecule has 1 fully saturated rings. The van der Waals surface area contributed by atoms with Crippen LogP contribution in [0.4, 0.5) is 5.69 Å². The van der Waals surface area contributed by atoms with Crippen molar-refractivity contribution in [1.29, 1.82) is 0 Å². The van der Waals surface area contributed by atoms with E-state index in [1.54, 1.807) is 30.3 Å². The minimum atomic E-state index is -0.817. The largest absolute Gasteiger partial charge is 0.508 e. The van der Waals surface area contributed by atoms with Crippen molar-refractivity contribution in [1.82, 2.24) is 0 Å². The number of thioether (sulfide) groups is 1. The maximum Gasteiger partial charge on any atom is 0.342 e. The molecule has 1 saturated heterocycles. The molecule has 3 aliphatic heterocycles. The van der Waals surface area contributed by atoms with Crippen LogP contribution >= 0.6 is 11.8 Å². The van der Waals surface area contributed by atoms with Crippen LogP contribution in [0.2, 0.25) is 0 Å². The zero-order chi connectivity index (χ0) is 21.9. The number of nitrogens with two attached hydrogens (primary N) is 1. The fourth-order valence-electron chi connectivity index (χ4n) is 4.35. The van der Waals surface area contributed by atoms with Gasteiger partial charge in [-0.05, 0) is 37.3 Å². The predicted molar refractivity (Wildman–Crippen MR) is 113 cm³/mol. The summed E-state index contributed by atoms with van der Waals surface area (Å²) in [6.45, 7) is 2.37. The SMILES string of the molecule is CCOc1ccc(N2C(=O)C3SC(N)=C4C(=O)Oc5cc(O)ccc5C4C3C2=O)cc1. The number of rotatable bonds is 3. The number of phenols is 1. The number of esters is 1. The summed E-state index contributed by atoms with van der Waals surface area (Å²) < 4.78 is 10.8. The van der Waals surface area contributed by atoms with Crippen LogP contribution in [0, 0.1) is 5.92 Å². The number of benzene rings is 2. The summed E-state index contributed by atoms with van der Waals surface area (Å²) in [5.74, 6) is -2.29. The van der Waals surface area contributed by atoms with Crippen LogP contribution in [0.25, 0.3) is 0 Å². The number of imide groups is 1. The van der Waals surface area contributed by atoms with Crippen molar-refractivity contribution in [3.8, 4) is 17.2 Å². The number of hydrogen-bond acceptors (Lipinski definition) is 8. The third-order valence-electron chi connectivity index (χ3n) is 5.65. The van der Waals surface area contributed by atoms with Gasteiger partial charge in [-0.1, -0.05) is 17.8 Å². The van der Waals surface area contributed by atoms with Crippen LogP contribution in [0.15, 0.2) is 53.1 Å². The minimum absolute atomic E-state index is 0.0708. The Balaban J connectivity index is 1.59. The van der Waals surface area contributed by atoms with Crippen molar-refractivity contribution in [2.24, 2.45) is 11.7 Å². The molecule has 2 aromatic rings. The first-order chi connectivity index (χ1) is 14.9. The van der Waals surface area contributed by atoms with Gasteiger partial charge in [-0.2, -0.15) is 0 Å². The van der Waals surface area contributed by atoms with Gasteiger partial charge in [0.2, 0.25) is 11.8 Å². The van der Waals surface area contributed by atoms with E-state index < -0.39 is 29.0 Å². The molecule has 31 heavy (non-hydrogen) atoms. The second-order valence-electron chi connectivity index (χ2n) is 7.37. The highest BCUT2D eigenvalue weighted by molar-refractivity contribution is 8.04. The van der Waals surface area contributed by atoms with Gasteiger partial charge in [0, 0.05) is 17.5 Å². The van der Waals surface area contributed by atoms with Gasteiger partial charge in [0.25, 0.3) is 0 Å². The third kappa shape index (κ3) is 2.88. The van der Waals surface area contributed by atoms with E-state index in [4.69, 9.17) is 15.2 Å². The van der Waals surface area contributed by atoms with Crippen molar-refractivity contribution in [3.63, 3.8) is 0 Å². The second kappa shape index (κ2) is 7.05. The molecule has 3 N–H and O–H groups in total. The fourth-order valence-corrected chi connectivity index (χ4v) is 5.59. The molecule has 0 radical (unpaired) electrons. The molecule has 158 valence electrons. The van der Waals surface area contributed by atoms with E-state index >= 15 is 0 Å². The van der Waals surface area contributed by atoms with Crippen molar-refractivity contribution in [2.75, 3.05) is 11.5 Å². The summed E-state index contributed by atoms with van der Waals surface area (Å²) in [5.41, 5.74) is 7.31. The van der Waals surface area contributed by atoms with E-state index in [1.807, 2.05) is 6.92 Å². The number of hydrogen-bond donors (Lipinski definition) is 2. The lowest BCUT2D eigenvalue weighted by molar-refractivity contribution is -0.131. The average molecular weight is 438 g/mol. The standard InChI is InChI=1S/C22H18N2O6S/c1-2-29-12-6-3-10(4-7-12)24-20(26)16-15-13-8-5-11(25)9-14(13)30-22(28)17(15)19(23)31-18(16)21(24)27/h3-9,15-16,18,25H,2,23H2,1H3. The summed E-state index contributed by atoms with van der Waals surface area (Å²) >= 11 is 1.02. The molecule has 0 aromatic heterocycles. The van der Waals surface area contributed by atoms with Gasteiger partial charge < -0.3 is 20.3 Å². The summed E-state index contributed by atoms with van der Waals surface area (Å²) in [6, 6.07) is 11.1. The molecule has 9 heteroatoms. The molecule has 8 nitrogen and oxygen atoms in total. The topological polar surface area (TPSA) is 119 Å². The smallest absolute Gasteiger partial charge is 0.342 e. The van der Waals surface area contributed by atoms with E-state index in [-0.39, 0.29) is 28.0 Å². The Morgan fingerprint density at radius 2 is 1.87 bits per heavy atom. The van der Waals surface area contributed by atoms with E-state index in [2.05, 4.69) is 0 Å². The molecule has 2 aromatic carbocycles. The molecule has 2 amide bonds. The first kappa shape index (κ1) is 19.5. The molecular formula is C22H18N2O6S. The first-order valence-corrected chi connectivity index (χ1v) is 10.6. The minimum Gasteiger partial charge on any atom is -0.508 e. The Kier molecular flexibility index (Phi) is 4.44. The highest BCUT2D eigenvalue weighted by Gasteiger charge is 2.58. The number of ether oxygens (including phenoxy) is 2. The van der Waals surface area contributed by atoms with Crippen molar-refractivity contribution < 1.29 is 29.0 Å². The summed E-state index contributed by atoms with van der Waals surface area (Å²) in [6.07, 6.45) is 0. The monoisotopic (exact) mass is 438 g/mol. The lowest BCUT2D eigenvalue weighted by Gasteiger charge is -2.36. The van der Waals surface area contributed by atoms with Gasteiger partial charge in [0.1, 0.15) is 22.5 Å².